The summed E-state index contributed by atoms with van der Waals surface area (Å²) in [6, 6.07) is 9.37. The SMILES string of the molecule is CN(C)c1ccc(C(O)Nc2ncccn2)cc1. The highest BCUT2D eigenvalue weighted by atomic mass is 16.3. The molecule has 0 aliphatic heterocycles. The minimum Gasteiger partial charge on any atom is -0.378 e. The molecule has 2 aromatic rings. The first-order valence-electron chi connectivity index (χ1n) is 5.66. The Balaban J connectivity index is 2.07. The van der Waals surface area contributed by atoms with Crippen molar-refractivity contribution in [2.45, 2.75) is 6.23 Å². The summed E-state index contributed by atoms with van der Waals surface area (Å²) in [5.74, 6) is 0.404. The van der Waals surface area contributed by atoms with Crippen molar-refractivity contribution in [3.63, 3.8) is 0 Å². The number of hydrogen-bond acceptors (Lipinski definition) is 5. The maximum atomic E-state index is 10.00. The fraction of sp³-hybridized carbons (Fsp3) is 0.231. The van der Waals surface area contributed by atoms with Gasteiger partial charge >= 0.3 is 0 Å². The molecule has 1 aromatic carbocycles. The normalized spacial score (nSPS) is 11.9. The molecule has 5 nitrogen and oxygen atoms in total. The quantitative estimate of drug-likeness (QED) is 0.801. The van der Waals surface area contributed by atoms with Crippen molar-refractivity contribution in [3.8, 4) is 0 Å². The molecule has 2 N–H and O–H groups in total. The number of nitrogens with one attached hydrogen (secondary N) is 1. The second-order valence-electron chi connectivity index (χ2n) is 4.11. The fourth-order valence-electron chi connectivity index (χ4n) is 1.53. The summed E-state index contributed by atoms with van der Waals surface area (Å²) in [5, 5.41) is 12.8. The second kappa shape index (κ2) is 5.46. The lowest BCUT2D eigenvalue weighted by atomic mass is 10.2. The van der Waals surface area contributed by atoms with E-state index in [1.807, 2.05) is 43.3 Å². The molecule has 0 saturated heterocycles. The van der Waals surface area contributed by atoms with Gasteiger partial charge < -0.3 is 15.3 Å². The van der Waals surface area contributed by atoms with Gasteiger partial charge in [-0.25, -0.2) is 9.97 Å². The molecule has 0 aliphatic carbocycles. The number of aliphatic hydroxyl groups is 1. The Kier molecular flexibility index (Phi) is 3.74. The van der Waals surface area contributed by atoms with Crippen molar-refractivity contribution in [3.05, 3.63) is 48.3 Å². The maximum Gasteiger partial charge on any atom is 0.224 e. The van der Waals surface area contributed by atoms with Crippen LogP contribution in [0.25, 0.3) is 0 Å². The van der Waals surface area contributed by atoms with Gasteiger partial charge in [0, 0.05) is 37.7 Å². The Morgan fingerprint density at radius 2 is 1.72 bits per heavy atom. The number of benzene rings is 1. The van der Waals surface area contributed by atoms with E-state index in [1.54, 1.807) is 18.5 Å². The molecular formula is C13H16N4O. The molecule has 0 aliphatic rings. The molecule has 94 valence electrons. The largest absolute Gasteiger partial charge is 0.378 e. The first kappa shape index (κ1) is 12.3. The molecule has 0 spiro atoms. The zero-order valence-corrected chi connectivity index (χ0v) is 10.4. The van der Waals surface area contributed by atoms with Crippen LogP contribution in [0.5, 0.6) is 0 Å². The van der Waals surface area contributed by atoms with Gasteiger partial charge in [-0.2, -0.15) is 0 Å². The number of aliphatic hydroxyl groups excluding tert-OH is 1. The molecule has 0 amide bonds. The molecule has 0 radical (unpaired) electrons. The molecule has 1 unspecified atom stereocenters. The van der Waals surface area contributed by atoms with E-state index in [0.29, 0.717) is 5.95 Å². The van der Waals surface area contributed by atoms with Crippen molar-refractivity contribution in [2.75, 3.05) is 24.3 Å². The van der Waals surface area contributed by atoms with E-state index in [1.165, 1.54) is 0 Å². The highest BCUT2D eigenvalue weighted by Gasteiger charge is 2.08. The van der Waals surface area contributed by atoms with Gasteiger partial charge in [0.05, 0.1) is 0 Å². The van der Waals surface area contributed by atoms with Crippen molar-refractivity contribution < 1.29 is 5.11 Å². The monoisotopic (exact) mass is 244 g/mol. The predicted molar refractivity (Wildman–Crippen MR) is 71.4 cm³/mol. The van der Waals surface area contributed by atoms with Gasteiger partial charge in [-0.1, -0.05) is 12.1 Å². The highest BCUT2D eigenvalue weighted by Crippen LogP contribution is 2.18. The Labute approximate surface area is 106 Å². The minimum absolute atomic E-state index is 0.404. The standard InChI is InChI=1S/C13H16N4O/c1-17(2)11-6-4-10(5-7-11)12(18)16-13-14-8-3-9-15-13/h3-9,12,18H,1-2H3,(H,14,15,16). The minimum atomic E-state index is -0.816. The van der Waals surface area contributed by atoms with Gasteiger partial charge in [-0.3, -0.25) is 0 Å². The molecule has 1 heterocycles. The topological polar surface area (TPSA) is 61.3 Å². The van der Waals surface area contributed by atoms with Crippen molar-refractivity contribution in [1.29, 1.82) is 0 Å². The zero-order valence-electron chi connectivity index (χ0n) is 10.4. The second-order valence-corrected chi connectivity index (χ2v) is 4.11. The molecule has 0 fully saturated rings. The predicted octanol–water partition coefficient (Wildman–Crippen LogP) is 1.65. The van der Waals surface area contributed by atoms with E-state index in [4.69, 9.17) is 0 Å². The van der Waals surface area contributed by atoms with Crippen LogP contribution < -0.4 is 10.2 Å². The summed E-state index contributed by atoms with van der Waals surface area (Å²) < 4.78 is 0. The zero-order chi connectivity index (χ0) is 13.0. The Bertz CT molecular complexity index is 484. The molecule has 18 heavy (non-hydrogen) atoms. The maximum absolute atomic E-state index is 10.00. The van der Waals surface area contributed by atoms with Crippen LogP contribution in [-0.4, -0.2) is 29.2 Å². The molecule has 0 saturated carbocycles. The molecule has 5 heteroatoms. The summed E-state index contributed by atoms with van der Waals surface area (Å²) in [6.07, 6.45) is 2.43. The summed E-state index contributed by atoms with van der Waals surface area (Å²) in [7, 11) is 3.95. The highest BCUT2D eigenvalue weighted by molar-refractivity contribution is 5.47. The molecular weight excluding hydrogens is 228 g/mol. The average molecular weight is 244 g/mol. The number of aromatic nitrogens is 2. The molecule has 0 bridgehead atoms. The third-order valence-corrected chi connectivity index (χ3v) is 2.56. The van der Waals surface area contributed by atoms with Crippen LogP contribution in [0.4, 0.5) is 11.6 Å². The van der Waals surface area contributed by atoms with Crippen molar-refractivity contribution in [2.24, 2.45) is 0 Å². The van der Waals surface area contributed by atoms with Crippen LogP contribution >= 0.6 is 0 Å². The van der Waals surface area contributed by atoms with E-state index < -0.39 is 6.23 Å². The molecule has 1 aromatic heterocycles. The smallest absolute Gasteiger partial charge is 0.224 e. The van der Waals surface area contributed by atoms with Gasteiger partial charge in [0.1, 0.15) is 0 Å². The number of nitrogens with zero attached hydrogens (tertiary/aromatic N) is 3. The third-order valence-electron chi connectivity index (χ3n) is 2.56. The van der Waals surface area contributed by atoms with Crippen LogP contribution in [0.15, 0.2) is 42.7 Å². The summed E-state index contributed by atoms with van der Waals surface area (Å²) in [6.45, 7) is 0. The summed E-state index contributed by atoms with van der Waals surface area (Å²) >= 11 is 0. The van der Waals surface area contributed by atoms with E-state index in [2.05, 4.69) is 15.3 Å². The first-order chi connectivity index (χ1) is 8.66. The fourth-order valence-corrected chi connectivity index (χ4v) is 1.53. The number of rotatable bonds is 4. The molecule has 1 atom stereocenters. The number of hydrogen-bond donors (Lipinski definition) is 2. The van der Waals surface area contributed by atoms with Crippen LogP contribution in [-0.2, 0) is 0 Å². The van der Waals surface area contributed by atoms with Gasteiger partial charge in [-0.15, -0.1) is 0 Å². The van der Waals surface area contributed by atoms with E-state index in [9.17, 15) is 5.11 Å². The van der Waals surface area contributed by atoms with Gasteiger partial charge in [0.15, 0.2) is 6.23 Å². The van der Waals surface area contributed by atoms with E-state index in [0.717, 1.165) is 11.3 Å². The van der Waals surface area contributed by atoms with Crippen molar-refractivity contribution in [1.82, 2.24) is 9.97 Å². The van der Waals surface area contributed by atoms with Gasteiger partial charge in [0.2, 0.25) is 5.95 Å². The Hall–Kier alpha value is -2.14. The van der Waals surface area contributed by atoms with Gasteiger partial charge in [0.25, 0.3) is 0 Å². The van der Waals surface area contributed by atoms with Crippen LogP contribution in [0.1, 0.15) is 11.8 Å². The average Bonchev–Trinajstić information content (AvgIpc) is 2.40. The Morgan fingerprint density at radius 1 is 1.11 bits per heavy atom. The number of anilines is 2. The lowest BCUT2D eigenvalue weighted by Crippen LogP contribution is -2.12. The van der Waals surface area contributed by atoms with Gasteiger partial charge in [-0.05, 0) is 18.2 Å². The third kappa shape index (κ3) is 2.95. The Morgan fingerprint density at radius 3 is 2.28 bits per heavy atom. The van der Waals surface area contributed by atoms with Crippen molar-refractivity contribution >= 4 is 11.6 Å². The van der Waals surface area contributed by atoms with Crippen LogP contribution in [0.3, 0.4) is 0 Å². The van der Waals surface area contributed by atoms with Crippen LogP contribution in [0.2, 0.25) is 0 Å². The first-order valence-corrected chi connectivity index (χ1v) is 5.66. The van der Waals surface area contributed by atoms with E-state index >= 15 is 0 Å². The lowest BCUT2D eigenvalue weighted by Gasteiger charge is -2.16. The van der Waals surface area contributed by atoms with Crippen LogP contribution in [0, 0.1) is 0 Å². The van der Waals surface area contributed by atoms with E-state index in [-0.39, 0.29) is 0 Å². The summed E-state index contributed by atoms with van der Waals surface area (Å²) in [5.41, 5.74) is 1.86. The summed E-state index contributed by atoms with van der Waals surface area (Å²) in [4.78, 5) is 10.0. The molecule has 2 rings (SSSR count). The lowest BCUT2D eigenvalue weighted by molar-refractivity contribution is 0.207.